The average molecular weight is 362 g/mol. The molecule has 1 aliphatic carbocycles. The van der Waals surface area contributed by atoms with E-state index in [2.05, 4.69) is 10.3 Å². The van der Waals surface area contributed by atoms with Crippen LogP contribution in [-0.4, -0.2) is 35.0 Å². The van der Waals surface area contributed by atoms with E-state index < -0.39 is 5.82 Å². The van der Waals surface area contributed by atoms with Gasteiger partial charge in [-0.05, 0) is 43.4 Å². The van der Waals surface area contributed by atoms with E-state index in [-0.39, 0.29) is 5.75 Å². The molecule has 0 saturated carbocycles. The number of thiazole rings is 1. The highest BCUT2D eigenvalue weighted by Gasteiger charge is 2.17. The third-order valence-electron chi connectivity index (χ3n) is 4.30. The van der Waals surface area contributed by atoms with Crippen LogP contribution in [0, 0.1) is 5.82 Å². The maximum absolute atomic E-state index is 13.4. The Labute approximate surface area is 151 Å². The number of phenolic OH excluding ortho intramolecular Hbond substituents is 1. The van der Waals surface area contributed by atoms with Crippen LogP contribution in [-0.2, 0) is 25.9 Å². The number of rotatable bonds is 4. The number of phenols is 1. The summed E-state index contributed by atoms with van der Waals surface area (Å²) in [6, 6.07) is 4.37. The van der Waals surface area contributed by atoms with Crippen LogP contribution in [0.1, 0.15) is 34.0 Å². The maximum atomic E-state index is 13.4. The van der Waals surface area contributed by atoms with Crippen LogP contribution >= 0.6 is 11.3 Å². The van der Waals surface area contributed by atoms with Gasteiger partial charge in [0.2, 0.25) is 0 Å². The highest BCUT2D eigenvalue weighted by atomic mass is 32.1. The summed E-state index contributed by atoms with van der Waals surface area (Å²) in [6.07, 6.45) is 4.74. The number of nitrogens with one attached hydrogen (secondary N) is 1. The molecule has 5 nitrogen and oxygen atoms in total. The van der Waals surface area contributed by atoms with Gasteiger partial charge in [-0.2, -0.15) is 0 Å². The summed E-state index contributed by atoms with van der Waals surface area (Å²) >= 11 is 1.80. The minimum Gasteiger partial charge on any atom is -0.505 e. The van der Waals surface area contributed by atoms with E-state index in [1.54, 1.807) is 24.5 Å². The second-order valence-electron chi connectivity index (χ2n) is 6.23. The summed E-state index contributed by atoms with van der Waals surface area (Å²) in [4.78, 5) is 12.5. The Kier molecular flexibility index (Phi) is 5.53. The molecule has 1 heterocycles. The SMILES string of the molecule is CN=C(NCc1ccc(O)c(F)c1)N(C)Cc1nc2c(s1)CCCC2. The quantitative estimate of drug-likeness (QED) is 0.648. The number of benzene rings is 1. The predicted molar refractivity (Wildman–Crippen MR) is 98.5 cm³/mol. The number of aryl methyl sites for hydroxylation is 2. The third-order valence-corrected chi connectivity index (χ3v) is 5.44. The van der Waals surface area contributed by atoms with Crippen molar-refractivity contribution >= 4 is 17.3 Å². The zero-order chi connectivity index (χ0) is 17.8. The normalized spacial score (nSPS) is 14.3. The minimum absolute atomic E-state index is 0.335. The number of aromatic nitrogens is 1. The van der Waals surface area contributed by atoms with Crippen LogP contribution in [0.5, 0.6) is 5.75 Å². The number of guanidine groups is 1. The summed E-state index contributed by atoms with van der Waals surface area (Å²) in [7, 11) is 3.69. The molecule has 1 aliphatic rings. The first-order valence-corrected chi connectivity index (χ1v) is 9.25. The first-order valence-electron chi connectivity index (χ1n) is 8.43. The van der Waals surface area contributed by atoms with Crippen molar-refractivity contribution < 1.29 is 9.50 Å². The van der Waals surface area contributed by atoms with Crippen LogP contribution in [0.25, 0.3) is 0 Å². The fraction of sp³-hybridized carbons (Fsp3) is 0.444. The van der Waals surface area contributed by atoms with Gasteiger partial charge in [0.1, 0.15) is 5.01 Å². The van der Waals surface area contributed by atoms with Crippen LogP contribution in [0.15, 0.2) is 23.2 Å². The maximum Gasteiger partial charge on any atom is 0.194 e. The van der Waals surface area contributed by atoms with Crippen molar-refractivity contribution in [1.29, 1.82) is 0 Å². The molecule has 0 spiro atoms. The summed E-state index contributed by atoms with van der Waals surface area (Å²) in [6.45, 7) is 1.13. The Morgan fingerprint density at radius 2 is 2.20 bits per heavy atom. The average Bonchev–Trinajstić information content (AvgIpc) is 3.00. The van der Waals surface area contributed by atoms with Gasteiger partial charge in [-0.1, -0.05) is 6.07 Å². The van der Waals surface area contributed by atoms with Crippen LogP contribution in [0.4, 0.5) is 4.39 Å². The fourth-order valence-electron chi connectivity index (χ4n) is 2.98. The molecule has 7 heteroatoms. The molecule has 0 bridgehead atoms. The molecular formula is C18H23FN4OS. The minimum atomic E-state index is -0.615. The zero-order valence-corrected chi connectivity index (χ0v) is 15.4. The fourth-order valence-corrected chi connectivity index (χ4v) is 4.19. The molecule has 134 valence electrons. The molecule has 0 atom stereocenters. The largest absolute Gasteiger partial charge is 0.505 e. The number of fused-ring (bicyclic) bond motifs is 1. The standard InChI is InChI=1S/C18H23FN4OS/c1-20-18(21-10-12-7-8-15(24)13(19)9-12)23(2)11-17-22-14-5-3-4-6-16(14)25-17/h7-9,24H,3-6,10-11H2,1-2H3,(H,20,21). The van der Waals surface area contributed by atoms with Crippen molar-refractivity contribution in [2.24, 2.45) is 4.99 Å². The first kappa shape index (κ1) is 17.7. The number of hydrogen-bond donors (Lipinski definition) is 2. The van der Waals surface area contributed by atoms with E-state index >= 15 is 0 Å². The lowest BCUT2D eigenvalue weighted by atomic mass is 10.0. The van der Waals surface area contributed by atoms with Gasteiger partial charge in [0.25, 0.3) is 0 Å². The molecule has 0 saturated heterocycles. The summed E-state index contributed by atoms with van der Waals surface area (Å²) in [5.41, 5.74) is 2.01. The molecule has 1 aromatic heterocycles. The number of aromatic hydroxyl groups is 1. The Morgan fingerprint density at radius 1 is 1.40 bits per heavy atom. The monoisotopic (exact) mass is 362 g/mol. The lowest BCUT2D eigenvalue weighted by Crippen LogP contribution is -2.38. The zero-order valence-electron chi connectivity index (χ0n) is 14.5. The third kappa shape index (κ3) is 4.28. The van der Waals surface area contributed by atoms with Crippen LogP contribution < -0.4 is 5.32 Å². The number of halogens is 1. The molecule has 0 aliphatic heterocycles. The molecule has 0 radical (unpaired) electrons. The summed E-state index contributed by atoms with van der Waals surface area (Å²) < 4.78 is 13.4. The Morgan fingerprint density at radius 3 is 2.92 bits per heavy atom. The molecular weight excluding hydrogens is 339 g/mol. The Bertz CT molecular complexity index is 751. The molecule has 2 N–H and O–H groups in total. The van der Waals surface area contributed by atoms with Gasteiger partial charge in [0, 0.05) is 25.5 Å². The molecule has 0 amide bonds. The second kappa shape index (κ2) is 7.82. The second-order valence-corrected chi connectivity index (χ2v) is 7.40. The van der Waals surface area contributed by atoms with E-state index in [4.69, 9.17) is 4.98 Å². The Balaban J connectivity index is 1.60. The van der Waals surface area contributed by atoms with Crippen molar-refractivity contribution in [3.63, 3.8) is 0 Å². The van der Waals surface area contributed by atoms with Gasteiger partial charge in [0.15, 0.2) is 17.5 Å². The first-order chi connectivity index (χ1) is 12.1. The number of hydrogen-bond acceptors (Lipinski definition) is 4. The van der Waals surface area contributed by atoms with Crippen molar-refractivity contribution in [3.8, 4) is 5.75 Å². The van der Waals surface area contributed by atoms with Crippen LogP contribution in [0.3, 0.4) is 0 Å². The van der Waals surface area contributed by atoms with E-state index in [9.17, 15) is 9.50 Å². The van der Waals surface area contributed by atoms with Gasteiger partial charge in [-0.25, -0.2) is 9.37 Å². The molecule has 0 fully saturated rings. The summed E-state index contributed by atoms with van der Waals surface area (Å²) in [5.74, 6) is -0.226. The predicted octanol–water partition coefficient (Wildman–Crippen LogP) is 3.07. The van der Waals surface area contributed by atoms with Crippen molar-refractivity contribution in [3.05, 3.63) is 45.2 Å². The van der Waals surface area contributed by atoms with Crippen molar-refractivity contribution in [2.75, 3.05) is 14.1 Å². The lowest BCUT2D eigenvalue weighted by molar-refractivity contribution is 0.431. The van der Waals surface area contributed by atoms with Gasteiger partial charge in [-0.15, -0.1) is 11.3 Å². The van der Waals surface area contributed by atoms with Gasteiger partial charge >= 0.3 is 0 Å². The van der Waals surface area contributed by atoms with E-state index in [1.165, 1.54) is 35.5 Å². The van der Waals surface area contributed by atoms with Crippen LogP contribution in [0.2, 0.25) is 0 Å². The van der Waals surface area contributed by atoms with Crippen molar-refractivity contribution in [2.45, 2.75) is 38.8 Å². The lowest BCUT2D eigenvalue weighted by Gasteiger charge is -2.21. The van der Waals surface area contributed by atoms with E-state index in [1.807, 2.05) is 11.9 Å². The molecule has 0 unspecified atom stereocenters. The van der Waals surface area contributed by atoms with Gasteiger partial charge in [0.05, 0.1) is 12.2 Å². The van der Waals surface area contributed by atoms with Gasteiger partial charge in [-0.3, -0.25) is 4.99 Å². The highest BCUT2D eigenvalue weighted by molar-refractivity contribution is 7.11. The van der Waals surface area contributed by atoms with E-state index in [0.717, 1.165) is 29.4 Å². The number of nitrogens with zero attached hydrogens (tertiary/aromatic N) is 3. The Hall–Kier alpha value is -2.15. The smallest absolute Gasteiger partial charge is 0.194 e. The molecule has 25 heavy (non-hydrogen) atoms. The molecule has 1 aromatic carbocycles. The molecule has 3 rings (SSSR count). The number of aliphatic imine (C=N–C) groups is 1. The summed E-state index contributed by atoms with van der Waals surface area (Å²) in [5, 5.41) is 13.6. The van der Waals surface area contributed by atoms with Crippen molar-refractivity contribution in [1.82, 2.24) is 15.2 Å². The van der Waals surface area contributed by atoms with Gasteiger partial charge < -0.3 is 15.3 Å². The highest BCUT2D eigenvalue weighted by Crippen LogP contribution is 2.27. The topological polar surface area (TPSA) is 60.8 Å². The van der Waals surface area contributed by atoms with E-state index in [0.29, 0.717) is 13.1 Å². The molecule has 2 aromatic rings.